The minimum Gasteiger partial charge on any atom is -0.365 e. The molecule has 30 heavy (non-hydrogen) atoms. The van der Waals surface area contributed by atoms with Gasteiger partial charge in [-0.1, -0.05) is 36.4 Å². The maximum Gasteiger partial charge on any atom is 0.299 e. The molecule has 2 aromatic heterocycles. The Bertz CT molecular complexity index is 1090. The van der Waals surface area contributed by atoms with Crippen LogP contribution in [0.4, 0.5) is 5.82 Å². The summed E-state index contributed by atoms with van der Waals surface area (Å²) in [7, 11) is 0. The molecule has 3 aromatic rings. The minimum atomic E-state index is -0.341. The lowest BCUT2D eigenvalue weighted by Crippen LogP contribution is -2.27. The Balaban J connectivity index is 1.79. The maximum atomic E-state index is 13.0. The van der Waals surface area contributed by atoms with Crippen molar-refractivity contribution in [2.75, 3.05) is 18.4 Å². The predicted molar refractivity (Wildman–Crippen MR) is 117 cm³/mol. The first-order valence-electron chi connectivity index (χ1n) is 9.66. The highest BCUT2D eigenvalue weighted by atomic mass is 16.1. The molecule has 0 fully saturated rings. The van der Waals surface area contributed by atoms with Gasteiger partial charge in [-0.2, -0.15) is 0 Å². The second-order valence-corrected chi connectivity index (χ2v) is 6.66. The third-order valence-corrected chi connectivity index (χ3v) is 4.38. The van der Waals surface area contributed by atoms with Crippen molar-refractivity contribution in [3.8, 4) is 5.82 Å². The van der Waals surface area contributed by atoms with Crippen molar-refractivity contribution in [2.45, 2.75) is 19.8 Å². The summed E-state index contributed by atoms with van der Waals surface area (Å²) < 4.78 is 1.48. The maximum absolute atomic E-state index is 13.0. The van der Waals surface area contributed by atoms with Crippen LogP contribution in [0.5, 0.6) is 0 Å². The molecule has 0 aliphatic rings. The molecule has 0 saturated carbocycles. The lowest BCUT2D eigenvalue weighted by molar-refractivity contribution is -0.117. The highest BCUT2D eigenvalue weighted by Crippen LogP contribution is 2.09. The van der Waals surface area contributed by atoms with Crippen LogP contribution < -0.4 is 16.6 Å². The van der Waals surface area contributed by atoms with Crippen LogP contribution in [0, 0.1) is 6.92 Å². The van der Waals surface area contributed by atoms with Gasteiger partial charge < -0.3 is 11.1 Å². The van der Waals surface area contributed by atoms with Gasteiger partial charge in [-0.25, -0.2) is 15.0 Å². The zero-order valence-corrected chi connectivity index (χ0v) is 16.8. The number of carbonyl (C=O) groups excluding carboxylic acids is 1. The van der Waals surface area contributed by atoms with Gasteiger partial charge in [0, 0.05) is 31.2 Å². The fraction of sp³-hybridized carbons (Fsp3) is 0.227. The molecule has 0 saturated heterocycles. The standard InChI is InChI=1S/C22H24N6O2/c1-16-15-26-21(25-12-10-17-6-3-2-4-7-17)22(30)28(16)19-9-5-8-18(27-19)14-20(29)24-13-11-23/h2-9,13,15H,10-12,14,23H2,1H3,(H,25,26). The van der Waals surface area contributed by atoms with E-state index in [1.807, 2.05) is 30.3 Å². The first kappa shape index (κ1) is 21.1. The number of hydrogen-bond acceptors (Lipinski definition) is 6. The zero-order valence-electron chi connectivity index (χ0n) is 16.8. The minimum absolute atomic E-state index is 0.0331. The van der Waals surface area contributed by atoms with E-state index in [1.165, 1.54) is 16.3 Å². The molecule has 0 aliphatic carbocycles. The summed E-state index contributed by atoms with van der Waals surface area (Å²) in [5.74, 6) is 0.346. The van der Waals surface area contributed by atoms with E-state index in [0.717, 1.165) is 6.42 Å². The number of anilines is 1. The smallest absolute Gasteiger partial charge is 0.299 e. The number of amides is 1. The van der Waals surface area contributed by atoms with Crippen molar-refractivity contribution in [1.29, 1.82) is 0 Å². The number of hydrogen-bond donors (Lipinski definition) is 2. The number of benzene rings is 1. The van der Waals surface area contributed by atoms with Crippen LogP contribution in [-0.4, -0.2) is 39.7 Å². The van der Waals surface area contributed by atoms with E-state index >= 15 is 0 Å². The number of nitrogens with two attached hydrogens (primary N) is 1. The quantitative estimate of drug-likeness (QED) is 0.552. The largest absolute Gasteiger partial charge is 0.365 e. The van der Waals surface area contributed by atoms with Crippen molar-refractivity contribution in [1.82, 2.24) is 14.5 Å². The highest BCUT2D eigenvalue weighted by Gasteiger charge is 2.12. The Hall–Kier alpha value is -3.65. The van der Waals surface area contributed by atoms with E-state index in [4.69, 9.17) is 5.73 Å². The lowest BCUT2D eigenvalue weighted by Gasteiger charge is -2.12. The Morgan fingerprint density at radius 3 is 2.77 bits per heavy atom. The molecule has 3 N–H and O–H groups in total. The Morgan fingerprint density at radius 2 is 2.00 bits per heavy atom. The van der Waals surface area contributed by atoms with Crippen molar-refractivity contribution < 1.29 is 4.79 Å². The van der Waals surface area contributed by atoms with E-state index < -0.39 is 0 Å². The summed E-state index contributed by atoms with van der Waals surface area (Å²) in [6.45, 7) is 2.56. The molecule has 1 aromatic carbocycles. The Kier molecular flexibility index (Phi) is 7.18. The van der Waals surface area contributed by atoms with Gasteiger partial charge in [0.15, 0.2) is 5.82 Å². The molecule has 0 radical (unpaired) electrons. The van der Waals surface area contributed by atoms with Crippen LogP contribution in [0.1, 0.15) is 17.0 Å². The summed E-state index contributed by atoms with van der Waals surface area (Å²) in [4.78, 5) is 37.3. The number of pyridine rings is 1. The first-order chi connectivity index (χ1) is 14.6. The third-order valence-electron chi connectivity index (χ3n) is 4.38. The van der Waals surface area contributed by atoms with Gasteiger partial charge in [-0.15, -0.1) is 0 Å². The lowest BCUT2D eigenvalue weighted by atomic mass is 10.1. The van der Waals surface area contributed by atoms with Crippen molar-refractivity contribution >= 4 is 17.9 Å². The topological polar surface area (TPSA) is 115 Å². The highest BCUT2D eigenvalue weighted by molar-refractivity contribution is 5.86. The normalized spacial score (nSPS) is 11.0. The number of carbonyl (C=O) groups is 1. The molecule has 1 amide bonds. The van der Waals surface area contributed by atoms with Crippen LogP contribution in [0.3, 0.4) is 0 Å². The van der Waals surface area contributed by atoms with Crippen LogP contribution in [0.2, 0.25) is 0 Å². The summed E-state index contributed by atoms with van der Waals surface area (Å²) in [6, 6.07) is 15.2. The molecule has 154 valence electrons. The number of nitrogens with one attached hydrogen (secondary N) is 1. The van der Waals surface area contributed by atoms with Crippen LogP contribution in [0.25, 0.3) is 5.82 Å². The molecule has 8 nitrogen and oxygen atoms in total. The molecule has 2 heterocycles. The summed E-state index contributed by atoms with van der Waals surface area (Å²) in [5.41, 5.74) is 7.37. The Labute approximate surface area is 174 Å². The number of aliphatic imine (C=N–C) groups is 1. The molecule has 3 rings (SSSR count). The molecule has 0 aliphatic heterocycles. The van der Waals surface area contributed by atoms with E-state index in [1.54, 1.807) is 31.3 Å². The fourth-order valence-electron chi connectivity index (χ4n) is 2.96. The summed E-state index contributed by atoms with van der Waals surface area (Å²) >= 11 is 0. The van der Waals surface area contributed by atoms with E-state index in [0.29, 0.717) is 23.8 Å². The average molecular weight is 404 g/mol. The molecule has 0 bridgehead atoms. The fourth-order valence-corrected chi connectivity index (χ4v) is 2.96. The molecular weight excluding hydrogens is 380 g/mol. The SMILES string of the molecule is Cc1cnc(NCCc2ccccc2)c(=O)n1-c1cccc(CC(=O)N=CCN)n1. The van der Waals surface area contributed by atoms with Crippen molar-refractivity contribution in [3.63, 3.8) is 0 Å². The average Bonchev–Trinajstić information content (AvgIpc) is 2.75. The van der Waals surface area contributed by atoms with Gasteiger partial charge >= 0.3 is 0 Å². The van der Waals surface area contributed by atoms with Gasteiger partial charge in [-0.05, 0) is 31.0 Å². The second-order valence-electron chi connectivity index (χ2n) is 6.66. The zero-order chi connectivity index (χ0) is 21.3. The van der Waals surface area contributed by atoms with Crippen LogP contribution >= 0.6 is 0 Å². The van der Waals surface area contributed by atoms with E-state index in [-0.39, 0.29) is 30.2 Å². The van der Waals surface area contributed by atoms with E-state index in [9.17, 15) is 9.59 Å². The predicted octanol–water partition coefficient (Wildman–Crippen LogP) is 1.69. The summed E-state index contributed by atoms with van der Waals surface area (Å²) in [5, 5.41) is 3.11. The number of aryl methyl sites for hydroxylation is 1. The first-order valence-corrected chi connectivity index (χ1v) is 9.66. The van der Waals surface area contributed by atoms with Crippen molar-refractivity contribution in [2.24, 2.45) is 10.7 Å². The molecule has 0 atom stereocenters. The third kappa shape index (κ3) is 5.45. The van der Waals surface area contributed by atoms with Crippen LogP contribution in [0.15, 0.2) is 64.5 Å². The van der Waals surface area contributed by atoms with Gasteiger partial charge in [0.05, 0.1) is 12.1 Å². The van der Waals surface area contributed by atoms with Gasteiger partial charge in [0.1, 0.15) is 5.82 Å². The monoisotopic (exact) mass is 404 g/mol. The number of rotatable bonds is 8. The molecule has 0 unspecified atom stereocenters. The molecule has 0 spiro atoms. The molecule has 8 heteroatoms. The second kappa shape index (κ2) is 10.2. The van der Waals surface area contributed by atoms with Crippen molar-refractivity contribution in [3.05, 3.63) is 82.0 Å². The number of aromatic nitrogens is 3. The summed E-state index contributed by atoms with van der Waals surface area (Å²) in [6.07, 6.45) is 3.79. The number of nitrogens with zero attached hydrogens (tertiary/aromatic N) is 4. The van der Waals surface area contributed by atoms with Gasteiger partial charge in [-0.3, -0.25) is 14.2 Å². The van der Waals surface area contributed by atoms with Crippen LogP contribution in [-0.2, 0) is 17.6 Å². The Morgan fingerprint density at radius 1 is 1.20 bits per heavy atom. The van der Waals surface area contributed by atoms with Gasteiger partial charge in [0.25, 0.3) is 11.5 Å². The van der Waals surface area contributed by atoms with Gasteiger partial charge in [0.2, 0.25) is 0 Å². The molecular formula is C22H24N6O2. The van der Waals surface area contributed by atoms with E-state index in [2.05, 4.69) is 20.3 Å².